The van der Waals surface area contributed by atoms with E-state index in [0.717, 1.165) is 17.0 Å². The van der Waals surface area contributed by atoms with Gasteiger partial charge in [0.1, 0.15) is 17.5 Å². The van der Waals surface area contributed by atoms with Crippen LogP contribution in [0.2, 0.25) is 5.02 Å². The highest BCUT2D eigenvalue weighted by atomic mass is 35.5. The van der Waals surface area contributed by atoms with Crippen molar-refractivity contribution < 1.29 is 22.7 Å². The number of nitrogens with zero attached hydrogens (tertiary/aromatic N) is 2. The first-order valence-corrected chi connectivity index (χ1v) is 13.7. The molecule has 1 heterocycles. The topological polar surface area (TPSA) is 88.2 Å². The first kappa shape index (κ1) is 26.8. The normalized spacial score (nSPS) is 14.8. The maximum absolute atomic E-state index is 13.6. The van der Waals surface area contributed by atoms with Crippen molar-refractivity contribution in [2.75, 3.05) is 45.3 Å². The van der Waals surface area contributed by atoms with Crippen molar-refractivity contribution in [3.63, 3.8) is 0 Å². The smallest absolute Gasteiger partial charge is 0.241 e. The fourth-order valence-corrected chi connectivity index (χ4v) is 5.83. The lowest BCUT2D eigenvalue weighted by atomic mass is 10.1. The molecule has 4 rings (SSSR count). The van der Waals surface area contributed by atoms with Crippen LogP contribution in [0.1, 0.15) is 5.56 Å². The van der Waals surface area contributed by atoms with E-state index in [1.54, 1.807) is 12.0 Å². The predicted octanol–water partition coefficient (Wildman–Crippen LogP) is 3.60. The summed E-state index contributed by atoms with van der Waals surface area (Å²) in [5.74, 6) is 0.889. The van der Waals surface area contributed by atoms with Crippen LogP contribution in [0.25, 0.3) is 0 Å². The van der Waals surface area contributed by atoms with E-state index >= 15 is 0 Å². The van der Waals surface area contributed by atoms with Gasteiger partial charge in [0.05, 0.1) is 24.1 Å². The number of amides is 1. The number of benzene rings is 3. The number of anilines is 1. The summed E-state index contributed by atoms with van der Waals surface area (Å²) in [5.41, 5.74) is 1.90. The molecule has 0 aliphatic carbocycles. The molecule has 37 heavy (non-hydrogen) atoms. The van der Waals surface area contributed by atoms with Crippen molar-refractivity contribution in [2.24, 2.45) is 0 Å². The van der Waals surface area contributed by atoms with Crippen molar-refractivity contribution >= 4 is 33.2 Å². The number of sulfonamides is 1. The van der Waals surface area contributed by atoms with E-state index in [1.807, 2.05) is 54.6 Å². The summed E-state index contributed by atoms with van der Waals surface area (Å²) in [6, 6.07) is 20.4. The minimum atomic E-state index is -4.03. The van der Waals surface area contributed by atoms with Gasteiger partial charge in [0, 0.05) is 31.9 Å². The van der Waals surface area contributed by atoms with Gasteiger partial charge in [0.25, 0.3) is 0 Å². The number of carbonyl (C=O) groups excluding carboxylic acids is 1. The number of ether oxygens (including phenoxy) is 2. The van der Waals surface area contributed by atoms with Crippen LogP contribution in [0.5, 0.6) is 11.5 Å². The Kier molecular flexibility index (Phi) is 8.58. The zero-order valence-electron chi connectivity index (χ0n) is 20.8. The monoisotopic (exact) mass is 543 g/mol. The number of piperazine rings is 1. The van der Waals surface area contributed by atoms with Crippen molar-refractivity contribution in [1.29, 1.82) is 0 Å². The SMILES string of the molecule is COc1ccc(N2CCN(C(=O)[C@@H](Cc3ccccc3)NS(=O)(=O)c3ccc(OC)c(Cl)c3)CC2)cc1. The number of halogens is 1. The van der Waals surface area contributed by atoms with Gasteiger partial charge in [-0.25, -0.2) is 8.42 Å². The van der Waals surface area contributed by atoms with E-state index in [-0.39, 0.29) is 22.2 Å². The van der Waals surface area contributed by atoms with Crippen molar-refractivity contribution in [2.45, 2.75) is 17.4 Å². The average molecular weight is 544 g/mol. The quantitative estimate of drug-likeness (QED) is 0.444. The Morgan fingerprint density at radius 1 is 0.946 bits per heavy atom. The molecule has 3 aromatic rings. The third-order valence-electron chi connectivity index (χ3n) is 6.34. The molecule has 0 spiro atoms. The van der Waals surface area contributed by atoms with E-state index in [4.69, 9.17) is 21.1 Å². The molecular formula is C27H30ClN3O5S. The van der Waals surface area contributed by atoms with Crippen LogP contribution in [0.15, 0.2) is 77.7 Å². The van der Waals surface area contributed by atoms with Crippen molar-refractivity contribution in [1.82, 2.24) is 9.62 Å². The first-order chi connectivity index (χ1) is 17.8. The highest BCUT2D eigenvalue weighted by Gasteiger charge is 2.31. The number of rotatable bonds is 9. The predicted molar refractivity (Wildman–Crippen MR) is 144 cm³/mol. The van der Waals surface area contributed by atoms with Crippen LogP contribution in [0.4, 0.5) is 5.69 Å². The van der Waals surface area contributed by atoms with Gasteiger partial charge in [0.2, 0.25) is 15.9 Å². The summed E-state index contributed by atoms with van der Waals surface area (Å²) in [5, 5.41) is 0.172. The molecule has 0 bridgehead atoms. The van der Waals surface area contributed by atoms with Crippen LogP contribution in [0, 0.1) is 0 Å². The Morgan fingerprint density at radius 2 is 1.62 bits per heavy atom. The maximum Gasteiger partial charge on any atom is 0.241 e. The lowest BCUT2D eigenvalue weighted by Crippen LogP contribution is -2.55. The third-order valence-corrected chi connectivity index (χ3v) is 8.11. The second-order valence-corrected chi connectivity index (χ2v) is 10.8. The largest absolute Gasteiger partial charge is 0.497 e. The van der Waals surface area contributed by atoms with Gasteiger partial charge in [-0.3, -0.25) is 4.79 Å². The lowest BCUT2D eigenvalue weighted by molar-refractivity contribution is -0.133. The molecule has 0 radical (unpaired) electrons. The Balaban J connectivity index is 1.50. The van der Waals surface area contributed by atoms with Crippen LogP contribution in [-0.4, -0.2) is 65.7 Å². The Bertz CT molecular complexity index is 1310. The number of nitrogens with one attached hydrogen (secondary N) is 1. The second kappa shape index (κ2) is 11.9. The molecule has 8 nitrogen and oxygen atoms in total. The zero-order valence-corrected chi connectivity index (χ0v) is 22.3. The molecule has 1 fully saturated rings. The first-order valence-electron chi connectivity index (χ1n) is 11.9. The van der Waals surface area contributed by atoms with E-state index in [0.29, 0.717) is 31.9 Å². The number of carbonyl (C=O) groups is 1. The minimum Gasteiger partial charge on any atom is -0.497 e. The Morgan fingerprint density at radius 3 is 2.22 bits per heavy atom. The summed E-state index contributed by atoms with van der Waals surface area (Å²) >= 11 is 6.16. The van der Waals surface area contributed by atoms with Gasteiger partial charge in [-0.1, -0.05) is 41.9 Å². The van der Waals surface area contributed by atoms with Crippen LogP contribution in [-0.2, 0) is 21.2 Å². The summed E-state index contributed by atoms with van der Waals surface area (Å²) in [6.45, 7) is 2.23. The van der Waals surface area contributed by atoms with Gasteiger partial charge in [0.15, 0.2) is 0 Å². The van der Waals surface area contributed by atoms with Crippen LogP contribution < -0.4 is 19.1 Å². The molecule has 1 saturated heterocycles. The molecule has 1 amide bonds. The van der Waals surface area contributed by atoms with Gasteiger partial charge < -0.3 is 19.3 Å². The molecule has 1 atom stereocenters. The molecule has 0 aromatic heterocycles. The highest BCUT2D eigenvalue weighted by molar-refractivity contribution is 7.89. The van der Waals surface area contributed by atoms with Gasteiger partial charge >= 0.3 is 0 Å². The molecule has 1 aliphatic heterocycles. The maximum atomic E-state index is 13.6. The molecule has 0 saturated carbocycles. The fourth-order valence-electron chi connectivity index (χ4n) is 4.30. The molecule has 196 valence electrons. The second-order valence-electron chi connectivity index (χ2n) is 8.67. The molecule has 3 aromatic carbocycles. The van der Waals surface area contributed by atoms with Crippen LogP contribution in [0.3, 0.4) is 0 Å². The van der Waals surface area contributed by atoms with Gasteiger partial charge in [-0.2, -0.15) is 4.72 Å². The average Bonchev–Trinajstić information content (AvgIpc) is 2.93. The molecule has 0 unspecified atom stereocenters. The minimum absolute atomic E-state index is 0.0338. The summed E-state index contributed by atoms with van der Waals surface area (Å²) in [6.07, 6.45) is 0.224. The Labute approximate surface area is 222 Å². The van der Waals surface area contributed by atoms with Crippen molar-refractivity contribution in [3.8, 4) is 11.5 Å². The molecule has 10 heteroatoms. The highest BCUT2D eigenvalue weighted by Crippen LogP contribution is 2.27. The Hall–Kier alpha value is -3.27. The number of methoxy groups -OCH3 is 2. The van der Waals surface area contributed by atoms with E-state index in [9.17, 15) is 13.2 Å². The number of hydrogen-bond acceptors (Lipinski definition) is 6. The van der Waals surface area contributed by atoms with Crippen LogP contribution >= 0.6 is 11.6 Å². The standard InChI is InChI=1S/C27H30ClN3O5S/c1-35-22-10-8-21(9-11-22)30-14-16-31(17-15-30)27(32)25(18-20-6-4-3-5-7-20)29-37(33,34)23-12-13-26(36-2)24(28)19-23/h3-13,19,25,29H,14-18H2,1-2H3/t25-/m1/s1. The summed E-state index contributed by atoms with van der Waals surface area (Å²) in [4.78, 5) is 17.5. The van der Waals surface area contributed by atoms with E-state index in [2.05, 4.69) is 9.62 Å². The van der Waals surface area contributed by atoms with Crippen molar-refractivity contribution in [3.05, 3.63) is 83.4 Å². The fraction of sp³-hybridized carbons (Fsp3) is 0.296. The van der Waals surface area contributed by atoms with E-state index < -0.39 is 16.1 Å². The lowest BCUT2D eigenvalue weighted by Gasteiger charge is -2.37. The third kappa shape index (κ3) is 6.54. The molecular weight excluding hydrogens is 514 g/mol. The summed E-state index contributed by atoms with van der Waals surface area (Å²) < 4.78 is 39.5. The summed E-state index contributed by atoms with van der Waals surface area (Å²) in [7, 11) is -0.948. The zero-order chi connectivity index (χ0) is 26.4. The molecule has 1 N–H and O–H groups in total. The van der Waals surface area contributed by atoms with Gasteiger partial charge in [-0.15, -0.1) is 0 Å². The molecule has 1 aliphatic rings. The van der Waals surface area contributed by atoms with E-state index in [1.165, 1.54) is 25.3 Å². The number of hydrogen-bond donors (Lipinski definition) is 1. The van der Waals surface area contributed by atoms with Gasteiger partial charge in [-0.05, 0) is 54.4 Å².